The van der Waals surface area contributed by atoms with Gasteiger partial charge in [0, 0.05) is 12.1 Å². The average Bonchev–Trinajstić information content (AvgIpc) is 2.82. The molecular weight excluding hydrogens is 280 g/mol. The van der Waals surface area contributed by atoms with Crippen LogP contribution in [0.5, 0.6) is 5.75 Å². The first-order valence-corrected chi connectivity index (χ1v) is 8.03. The van der Waals surface area contributed by atoms with Crippen molar-refractivity contribution in [2.45, 2.75) is 51.1 Å². The van der Waals surface area contributed by atoms with Crippen LogP contribution in [-0.4, -0.2) is 40.4 Å². The van der Waals surface area contributed by atoms with Gasteiger partial charge in [-0.2, -0.15) is 0 Å². The molecule has 2 heterocycles. The van der Waals surface area contributed by atoms with Gasteiger partial charge in [0.2, 0.25) is 5.91 Å². The van der Waals surface area contributed by atoms with E-state index in [-0.39, 0.29) is 30.0 Å². The zero-order chi connectivity index (χ0) is 15.7. The van der Waals surface area contributed by atoms with Crippen LogP contribution in [0, 0.1) is 0 Å². The van der Waals surface area contributed by atoms with Gasteiger partial charge in [-0.15, -0.1) is 0 Å². The SMILES string of the molecule is CCC1CCCCN1C1CC(=O)N(c2cccc(O)c2)C1=O. The minimum absolute atomic E-state index is 0.0611. The monoisotopic (exact) mass is 302 g/mol. The number of nitrogens with zero attached hydrogens (tertiary/aromatic N) is 2. The third-order valence-corrected chi connectivity index (χ3v) is 4.76. The van der Waals surface area contributed by atoms with E-state index in [9.17, 15) is 14.7 Å². The lowest BCUT2D eigenvalue weighted by Crippen LogP contribution is -2.49. The molecule has 2 fully saturated rings. The molecule has 1 N–H and O–H groups in total. The maximum atomic E-state index is 12.8. The van der Waals surface area contributed by atoms with Gasteiger partial charge in [0.25, 0.3) is 5.91 Å². The fourth-order valence-electron chi connectivity index (χ4n) is 3.65. The molecule has 2 atom stereocenters. The van der Waals surface area contributed by atoms with Crippen molar-refractivity contribution in [3.05, 3.63) is 24.3 Å². The second-order valence-electron chi connectivity index (χ2n) is 6.10. The number of rotatable bonds is 3. The number of amides is 2. The summed E-state index contributed by atoms with van der Waals surface area (Å²) in [6.07, 6.45) is 4.62. The summed E-state index contributed by atoms with van der Waals surface area (Å²) in [4.78, 5) is 28.6. The summed E-state index contributed by atoms with van der Waals surface area (Å²) < 4.78 is 0. The Morgan fingerprint density at radius 2 is 2.09 bits per heavy atom. The molecule has 5 heteroatoms. The minimum atomic E-state index is -0.347. The van der Waals surface area contributed by atoms with Crippen LogP contribution in [0.3, 0.4) is 0 Å². The van der Waals surface area contributed by atoms with Crippen molar-refractivity contribution in [2.24, 2.45) is 0 Å². The summed E-state index contributed by atoms with van der Waals surface area (Å²) in [5, 5.41) is 9.58. The standard InChI is InChI=1S/C17H22N2O3/c1-2-12-6-3-4-9-18(12)15-11-16(21)19(17(15)22)13-7-5-8-14(20)10-13/h5,7-8,10,12,15,20H,2-4,6,9,11H2,1H3. The van der Waals surface area contributed by atoms with Gasteiger partial charge < -0.3 is 5.11 Å². The van der Waals surface area contributed by atoms with Crippen LogP contribution in [-0.2, 0) is 9.59 Å². The number of hydrogen-bond acceptors (Lipinski definition) is 4. The summed E-state index contributed by atoms with van der Waals surface area (Å²) >= 11 is 0. The lowest BCUT2D eigenvalue weighted by molar-refractivity contribution is -0.123. The molecule has 1 aromatic rings. The Kier molecular flexibility index (Phi) is 4.16. The van der Waals surface area contributed by atoms with Crippen molar-refractivity contribution in [1.29, 1.82) is 0 Å². The van der Waals surface area contributed by atoms with E-state index in [1.807, 2.05) is 0 Å². The molecule has 2 amide bonds. The van der Waals surface area contributed by atoms with Crippen LogP contribution in [0.4, 0.5) is 5.69 Å². The van der Waals surface area contributed by atoms with Crippen LogP contribution in [0.25, 0.3) is 0 Å². The lowest BCUT2D eigenvalue weighted by atomic mass is 9.97. The Labute approximate surface area is 130 Å². The second kappa shape index (κ2) is 6.08. The van der Waals surface area contributed by atoms with E-state index in [4.69, 9.17) is 0 Å². The first kappa shape index (κ1) is 15.0. The van der Waals surface area contributed by atoms with Gasteiger partial charge in [-0.25, -0.2) is 4.90 Å². The average molecular weight is 302 g/mol. The van der Waals surface area contributed by atoms with Gasteiger partial charge in [0.15, 0.2) is 0 Å². The van der Waals surface area contributed by atoms with E-state index in [2.05, 4.69) is 11.8 Å². The van der Waals surface area contributed by atoms with E-state index in [1.165, 1.54) is 23.5 Å². The predicted molar refractivity (Wildman–Crippen MR) is 83.6 cm³/mol. The molecule has 0 radical (unpaired) electrons. The van der Waals surface area contributed by atoms with Gasteiger partial charge in [0.1, 0.15) is 5.75 Å². The molecule has 3 rings (SSSR count). The second-order valence-corrected chi connectivity index (χ2v) is 6.10. The number of piperidine rings is 1. The number of carbonyl (C=O) groups excluding carboxylic acids is 2. The number of phenols is 1. The summed E-state index contributed by atoms with van der Waals surface area (Å²) in [6.45, 7) is 3.02. The van der Waals surface area contributed by atoms with Gasteiger partial charge in [-0.3, -0.25) is 14.5 Å². The number of phenolic OH excluding ortho intramolecular Hbond substituents is 1. The van der Waals surface area contributed by atoms with Crippen LogP contribution >= 0.6 is 0 Å². The smallest absolute Gasteiger partial charge is 0.251 e. The molecule has 2 aliphatic rings. The van der Waals surface area contributed by atoms with E-state index >= 15 is 0 Å². The molecule has 5 nitrogen and oxygen atoms in total. The fraction of sp³-hybridized carbons (Fsp3) is 0.529. The Morgan fingerprint density at radius 1 is 1.27 bits per heavy atom. The molecule has 2 aliphatic heterocycles. The lowest BCUT2D eigenvalue weighted by Gasteiger charge is -2.38. The van der Waals surface area contributed by atoms with E-state index < -0.39 is 0 Å². The number of aromatic hydroxyl groups is 1. The molecule has 0 bridgehead atoms. The van der Waals surface area contributed by atoms with E-state index in [1.54, 1.807) is 12.1 Å². The Balaban J connectivity index is 1.85. The molecular formula is C17H22N2O3. The van der Waals surface area contributed by atoms with Crippen LogP contribution < -0.4 is 4.90 Å². The van der Waals surface area contributed by atoms with Crippen LogP contribution in [0.15, 0.2) is 24.3 Å². The highest BCUT2D eigenvalue weighted by Crippen LogP contribution is 2.31. The molecule has 2 unspecified atom stereocenters. The maximum absolute atomic E-state index is 12.8. The number of imide groups is 1. The largest absolute Gasteiger partial charge is 0.508 e. The summed E-state index contributed by atoms with van der Waals surface area (Å²) in [7, 11) is 0. The predicted octanol–water partition coefficient (Wildman–Crippen LogP) is 2.29. The molecule has 2 saturated heterocycles. The van der Waals surface area contributed by atoms with Crippen molar-refractivity contribution in [3.63, 3.8) is 0 Å². The van der Waals surface area contributed by atoms with Gasteiger partial charge in [-0.05, 0) is 37.9 Å². The van der Waals surface area contributed by atoms with Gasteiger partial charge in [-0.1, -0.05) is 19.4 Å². The molecule has 0 saturated carbocycles. The molecule has 0 spiro atoms. The minimum Gasteiger partial charge on any atom is -0.508 e. The normalized spacial score (nSPS) is 26.7. The number of anilines is 1. The Morgan fingerprint density at radius 3 is 2.82 bits per heavy atom. The Hall–Kier alpha value is -1.88. The van der Waals surface area contributed by atoms with Gasteiger partial charge in [0.05, 0.1) is 18.2 Å². The topological polar surface area (TPSA) is 60.9 Å². The number of hydrogen-bond donors (Lipinski definition) is 1. The molecule has 22 heavy (non-hydrogen) atoms. The van der Waals surface area contributed by atoms with Crippen molar-refractivity contribution >= 4 is 17.5 Å². The first-order valence-electron chi connectivity index (χ1n) is 8.03. The summed E-state index contributed by atoms with van der Waals surface area (Å²) in [5.41, 5.74) is 0.461. The quantitative estimate of drug-likeness (QED) is 0.870. The highest BCUT2D eigenvalue weighted by Gasteiger charge is 2.44. The zero-order valence-corrected chi connectivity index (χ0v) is 12.9. The maximum Gasteiger partial charge on any atom is 0.251 e. The molecule has 118 valence electrons. The number of benzene rings is 1. The van der Waals surface area contributed by atoms with Gasteiger partial charge >= 0.3 is 0 Å². The van der Waals surface area contributed by atoms with Crippen molar-refractivity contribution in [3.8, 4) is 5.75 Å². The first-order chi connectivity index (χ1) is 10.6. The Bertz CT molecular complexity index is 587. The molecule has 0 aliphatic carbocycles. The molecule has 0 aromatic heterocycles. The summed E-state index contributed by atoms with van der Waals surface area (Å²) in [5.74, 6) is -0.275. The number of likely N-dealkylation sites (tertiary alicyclic amines) is 1. The number of carbonyl (C=O) groups is 2. The highest BCUT2D eigenvalue weighted by molar-refractivity contribution is 6.22. The third kappa shape index (κ3) is 2.61. The van der Waals surface area contributed by atoms with Crippen molar-refractivity contribution in [1.82, 2.24) is 4.90 Å². The highest BCUT2D eigenvalue weighted by atomic mass is 16.3. The molecule has 1 aromatic carbocycles. The zero-order valence-electron chi connectivity index (χ0n) is 12.9. The van der Waals surface area contributed by atoms with E-state index in [0.29, 0.717) is 11.7 Å². The fourth-order valence-corrected chi connectivity index (χ4v) is 3.65. The van der Waals surface area contributed by atoms with E-state index in [0.717, 1.165) is 25.8 Å². The van der Waals surface area contributed by atoms with Crippen molar-refractivity contribution in [2.75, 3.05) is 11.4 Å². The van der Waals surface area contributed by atoms with Crippen LogP contribution in [0.1, 0.15) is 39.0 Å². The summed E-state index contributed by atoms with van der Waals surface area (Å²) in [6, 6.07) is 6.37. The third-order valence-electron chi connectivity index (χ3n) is 4.76. The van der Waals surface area contributed by atoms with Crippen molar-refractivity contribution < 1.29 is 14.7 Å². The van der Waals surface area contributed by atoms with Crippen LogP contribution in [0.2, 0.25) is 0 Å².